The van der Waals surface area contributed by atoms with E-state index in [0.717, 1.165) is 22.3 Å². The van der Waals surface area contributed by atoms with Crippen LogP contribution in [0.25, 0.3) is 0 Å². The first-order valence-electron chi connectivity index (χ1n) is 9.95. The van der Waals surface area contributed by atoms with E-state index in [4.69, 9.17) is 0 Å². The molecule has 2 unspecified atom stereocenters. The largest absolute Gasteiger partial charge is 0.363 e. The number of nitrogens with one attached hydrogen (secondary N) is 2. The molecule has 5 nitrogen and oxygen atoms in total. The number of hydrogen-bond donors (Lipinski definition) is 2. The molecule has 2 N–H and O–H groups in total. The number of aromatic nitrogens is 2. The van der Waals surface area contributed by atoms with E-state index >= 15 is 0 Å². The van der Waals surface area contributed by atoms with Crippen LogP contribution < -0.4 is 10.6 Å². The number of amides is 1. The summed E-state index contributed by atoms with van der Waals surface area (Å²) in [5, 5.41) is 10.2. The highest BCUT2D eigenvalue weighted by molar-refractivity contribution is 5.98. The average Bonchev–Trinajstić information content (AvgIpc) is 3.17. The Hall–Kier alpha value is -3.22. The highest BCUT2D eigenvalue weighted by Crippen LogP contribution is 2.39. The second-order valence-corrected chi connectivity index (χ2v) is 7.76. The van der Waals surface area contributed by atoms with Crippen LogP contribution in [0.1, 0.15) is 51.1 Å². The highest BCUT2D eigenvalue weighted by atomic mass is 19.3. The average molecular weight is 410 g/mol. The molecule has 3 aromatic rings. The van der Waals surface area contributed by atoms with Crippen LogP contribution >= 0.6 is 0 Å². The number of fused-ring (bicyclic) bond motifs is 1. The molecule has 1 aliphatic rings. The Labute approximate surface area is 174 Å². The van der Waals surface area contributed by atoms with E-state index in [1.807, 2.05) is 62.4 Å². The number of carbonyl (C=O) groups is 1. The lowest BCUT2D eigenvalue weighted by Gasteiger charge is -2.32. The van der Waals surface area contributed by atoms with Crippen molar-refractivity contribution in [2.24, 2.45) is 0 Å². The van der Waals surface area contributed by atoms with Crippen LogP contribution in [0.4, 0.5) is 14.6 Å². The van der Waals surface area contributed by atoms with E-state index < -0.39 is 12.5 Å². The molecule has 7 heteroatoms. The van der Waals surface area contributed by atoms with Gasteiger partial charge in [-0.2, -0.15) is 5.10 Å². The predicted octanol–water partition coefficient (Wildman–Crippen LogP) is 4.79. The summed E-state index contributed by atoms with van der Waals surface area (Å²) in [5.41, 5.74) is 4.38. The first kappa shape index (κ1) is 20.1. The Morgan fingerprint density at radius 1 is 1.13 bits per heavy atom. The Balaban J connectivity index is 1.57. The van der Waals surface area contributed by atoms with Crippen molar-refractivity contribution in [3.63, 3.8) is 0 Å². The Bertz CT molecular complexity index is 1030. The van der Waals surface area contributed by atoms with Crippen LogP contribution in [0, 0.1) is 13.8 Å². The zero-order valence-corrected chi connectivity index (χ0v) is 16.9. The third-order valence-corrected chi connectivity index (χ3v) is 5.49. The summed E-state index contributed by atoms with van der Waals surface area (Å²) in [5.74, 6) is -0.0135. The SMILES string of the molecule is Cc1ccc(CNC(=O)c2cnn3c2NC(c2ccc(C)cc2)CC3C(F)F)cc1. The monoisotopic (exact) mass is 410 g/mol. The van der Waals surface area contributed by atoms with Gasteiger partial charge in [0.1, 0.15) is 17.4 Å². The highest BCUT2D eigenvalue weighted by Gasteiger charge is 2.36. The van der Waals surface area contributed by atoms with Crippen molar-refractivity contribution in [1.29, 1.82) is 0 Å². The molecule has 1 aliphatic heterocycles. The topological polar surface area (TPSA) is 59.0 Å². The predicted molar refractivity (Wildman–Crippen MR) is 112 cm³/mol. The Morgan fingerprint density at radius 3 is 2.40 bits per heavy atom. The minimum absolute atomic E-state index is 0.194. The van der Waals surface area contributed by atoms with Gasteiger partial charge in [-0.3, -0.25) is 4.79 Å². The third-order valence-electron chi connectivity index (χ3n) is 5.49. The van der Waals surface area contributed by atoms with E-state index in [0.29, 0.717) is 12.4 Å². The summed E-state index contributed by atoms with van der Waals surface area (Å²) in [6.45, 7) is 4.33. The van der Waals surface area contributed by atoms with Gasteiger partial charge in [0.05, 0.1) is 12.2 Å². The van der Waals surface area contributed by atoms with Crippen LogP contribution in [0.2, 0.25) is 0 Å². The molecule has 4 rings (SSSR count). The zero-order valence-electron chi connectivity index (χ0n) is 16.9. The summed E-state index contributed by atoms with van der Waals surface area (Å²) >= 11 is 0. The van der Waals surface area contributed by atoms with E-state index in [2.05, 4.69) is 15.7 Å². The number of rotatable bonds is 5. The lowest BCUT2D eigenvalue weighted by Crippen LogP contribution is -2.32. The van der Waals surface area contributed by atoms with Crippen molar-refractivity contribution in [2.75, 3.05) is 5.32 Å². The van der Waals surface area contributed by atoms with Gasteiger partial charge in [-0.1, -0.05) is 59.7 Å². The summed E-state index contributed by atoms with van der Waals surface area (Å²) in [6, 6.07) is 14.2. The molecule has 2 atom stereocenters. The van der Waals surface area contributed by atoms with Gasteiger partial charge in [-0.25, -0.2) is 13.5 Å². The van der Waals surface area contributed by atoms with Gasteiger partial charge in [0.2, 0.25) is 0 Å². The van der Waals surface area contributed by atoms with Crippen molar-refractivity contribution in [1.82, 2.24) is 15.1 Å². The van der Waals surface area contributed by atoms with Crippen LogP contribution in [0.3, 0.4) is 0 Å². The molecule has 2 heterocycles. The number of anilines is 1. The molecular weight excluding hydrogens is 386 g/mol. The van der Waals surface area contributed by atoms with Crippen molar-refractivity contribution < 1.29 is 13.6 Å². The molecule has 156 valence electrons. The Kier molecular flexibility index (Phi) is 5.53. The molecule has 0 saturated heterocycles. The van der Waals surface area contributed by atoms with Gasteiger partial charge in [0.15, 0.2) is 0 Å². The van der Waals surface area contributed by atoms with Crippen molar-refractivity contribution in [3.05, 3.63) is 82.5 Å². The smallest absolute Gasteiger partial charge is 0.260 e. The maximum atomic E-state index is 13.8. The van der Waals surface area contributed by atoms with Crippen molar-refractivity contribution in [2.45, 2.75) is 45.3 Å². The number of alkyl halides is 2. The Morgan fingerprint density at radius 2 is 1.77 bits per heavy atom. The maximum Gasteiger partial charge on any atom is 0.260 e. The molecule has 1 amide bonds. The third kappa shape index (κ3) is 4.06. The van der Waals surface area contributed by atoms with E-state index in [1.165, 1.54) is 10.9 Å². The first-order valence-corrected chi connectivity index (χ1v) is 9.95. The molecule has 30 heavy (non-hydrogen) atoms. The molecule has 2 aromatic carbocycles. The summed E-state index contributed by atoms with van der Waals surface area (Å²) in [6.07, 6.45) is -1.03. The number of aryl methyl sites for hydroxylation is 2. The summed E-state index contributed by atoms with van der Waals surface area (Å²) in [7, 11) is 0. The van der Waals surface area contributed by atoms with Gasteiger partial charge in [-0.05, 0) is 31.4 Å². The summed E-state index contributed by atoms with van der Waals surface area (Å²) < 4.78 is 28.8. The van der Waals surface area contributed by atoms with Crippen LogP contribution in [0.5, 0.6) is 0 Å². The normalized spacial score (nSPS) is 18.0. The molecular formula is C23H24F2N4O. The molecule has 0 spiro atoms. The zero-order chi connectivity index (χ0) is 21.3. The molecule has 0 bridgehead atoms. The first-order chi connectivity index (χ1) is 14.4. The van der Waals surface area contributed by atoms with Gasteiger partial charge in [0, 0.05) is 6.54 Å². The van der Waals surface area contributed by atoms with Crippen LogP contribution in [-0.4, -0.2) is 22.1 Å². The van der Waals surface area contributed by atoms with Gasteiger partial charge < -0.3 is 10.6 Å². The minimum atomic E-state index is -2.58. The fourth-order valence-electron chi connectivity index (χ4n) is 3.70. The van der Waals surface area contributed by atoms with Gasteiger partial charge in [0.25, 0.3) is 12.3 Å². The summed E-state index contributed by atoms with van der Waals surface area (Å²) in [4.78, 5) is 12.8. The van der Waals surface area contributed by atoms with Gasteiger partial charge in [-0.15, -0.1) is 0 Å². The van der Waals surface area contributed by atoms with Crippen LogP contribution in [-0.2, 0) is 6.54 Å². The fourth-order valence-corrected chi connectivity index (χ4v) is 3.70. The maximum absolute atomic E-state index is 13.8. The molecule has 0 saturated carbocycles. The molecule has 0 radical (unpaired) electrons. The van der Waals surface area contributed by atoms with E-state index in [1.54, 1.807) is 0 Å². The number of hydrogen-bond acceptors (Lipinski definition) is 3. The fraction of sp³-hybridized carbons (Fsp3) is 0.304. The van der Waals surface area contributed by atoms with Crippen LogP contribution in [0.15, 0.2) is 54.7 Å². The molecule has 1 aromatic heterocycles. The van der Waals surface area contributed by atoms with Gasteiger partial charge >= 0.3 is 0 Å². The van der Waals surface area contributed by atoms with Crippen molar-refractivity contribution >= 4 is 11.7 Å². The van der Waals surface area contributed by atoms with Crippen molar-refractivity contribution in [3.8, 4) is 0 Å². The number of carbonyl (C=O) groups excluding carboxylic acids is 1. The van der Waals surface area contributed by atoms with E-state index in [-0.39, 0.29) is 23.9 Å². The molecule has 0 aliphatic carbocycles. The number of halogens is 2. The second-order valence-electron chi connectivity index (χ2n) is 7.76. The lowest BCUT2D eigenvalue weighted by atomic mass is 9.96. The van der Waals surface area contributed by atoms with E-state index in [9.17, 15) is 13.6 Å². The number of benzene rings is 2. The lowest BCUT2D eigenvalue weighted by molar-refractivity contribution is 0.0656. The second kappa shape index (κ2) is 8.26. The molecule has 0 fully saturated rings. The minimum Gasteiger partial charge on any atom is -0.363 e. The quantitative estimate of drug-likeness (QED) is 0.636. The number of nitrogens with zero attached hydrogens (tertiary/aromatic N) is 2. The standard InChI is InChI=1S/C23H24F2N4O/c1-14-3-7-16(8-4-14)12-26-23(30)18-13-27-29-20(21(24)25)11-19(28-22(18)29)17-9-5-15(2)6-10-17/h3-10,13,19-21,28H,11-12H2,1-2H3,(H,26,30).